The zero-order chi connectivity index (χ0) is 16.6. The van der Waals surface area contributed by atoms with Gasteiger partial charge in [-0.15, -0.1) is 0 Å². The number of carbonyl (C=O) groups excluding carboxylic acids is 1. The normalized spacial score (nSPS) is 15.4. The molecule has 0 radical (unpaired) electrons. The molecule has 0 atom stereocenters. The van der Waals surface area contributed by atoms with E-state index in [-0.39, 0.29) is 5.91 Å². The van der Waals surface area contributed by atoms with E-state index in [9.17, 15) is 4.79 Å². The third-order valence-electron chi connectivity index (χ3n) is 4.58. The fourth-order valence-electron chi connectivity index (χ4n) is 3.14. The summed E-state index contributed by atoms with van der Waals surface area (Å²) in [6, 6.07) is 16.2. The molecule has 0 aliphatic carbocycles. The molecule has 0 spiro atoms. The lowest BCUT2D eigenvalue weighted by Gasteiger charge is -2.34. The van der Waals surface area contributed by atoms with Crippen LogP contribution in [0.25, 0.3) is 0 Å². The predicted molar refractivity (Wildman–Crippen MR) is 96.0 cm³/mol. The molecule has 1 aromatic heterocycles. The first kappa shape index (κ1) is 16.7. The van der Waals surface area contributed by atoms with Crippen molar-refractivity contribution in [2.75, 3.05) is 32.7 Å². The minimum atomic E-state index is 0.0549. The summed E-state index contributed by atoms with van der Waals surface area (Å²) in [5.74, 6) is 0.0549. The first-order valence-electron chi connectivity index (χ1n) is 8.79. The van der Waals surface area contributed by atoms with Gasteiger partial charge in [-0.05, 0) is 43.5 Å². The second-order valence-electron chi connectivity index (χ2n) is 6.29. The van der Waals surface area contributed by atoms with Crippen molar-refractivity contribution in [3.05, 3.63) is 66.0 Å². The molecule has 3 rings (SSSR count). The third kappa shape index (κ3) is 4.65. The van der Waals surface area contributed by atoms with Crippen molar-refractivity contribution < 1.29 is 4.79 Å². The number of aromatic nitrogens is 1. The molecule has 2 aromatic rings. The average molecular weight is 323 g/mol. The number of carbonyl (C=O) groups is 1. The maximum atomic E-state index is 12.4. The Hall–Kier alpha value is -2.20. The maximum Gasteiger partial charge on any atom is 0.272 e. The zero-order valence-electron chi connectivity index (χ0n) is 14.1. The van der Waals surface area contributed by atoms with Crippen molar-refractivity contribution in [2.45, 2.75) is 19.3 Å². The van der Waals surface area contributed by atoms with E-state index in [4.69, 9.17) is 0 Å². The number of nitrogens with zero attached hydrogens (tertiary/aromatic N) is 3. The van der Waals surface area contributed by atoms with Crippen LogP contribution in [-0.2, 0) is 6.42 Å². The molecular weight excluding hydrogens is 298 g/mol. The molecule has 1 amide bonds. The molecule has 1 aromatic carbocycles. The van der Waals surface area contributed by atoms with Gasteiger partial charge in [0.2, 0.25) is 0 Å². The van der Waals surface area contributed by atoms with Crippen LogP contribution >= 0.6 is 0 Å². The van der Waals surface area contributed by atoms with Crippen LogP contribution in [0.15, 0.2) is 54.7 Å². The van der Waals surface area contributed by atoms with Crippen molar-refractivity contribution in [1.29, 1.82) is 0 Å². The minimum absolute atomic E-state index is 0.0549. The molecule has 1 fully saturated rings. The van der Waals surface area contributed by atoms with Gasteiger partial charge in [0.15, 0.2) is 0 Å². The van der Waals surface area contributed by atoms with Gasteiger partial charge in [0.05, 0.1) is 0 Å². The van der Waals surface area contributed by atoms with E-state index in [2.05, 4.69) is 40.2 Å². The van der Waals surface area contributed by atoms with E-state index >= 15 is 0 Å². The monoisotopic (exact) mass is 323 g/mol. The summed E-state index contributed by atoms with van der Waals surface area (Å²) >= 11 is 0. The van der Waals surface area contributed by atoms with Crippen molar-refractivity contribution in [3.8, 4) is 0 Å². The van der Waals surface area contributed by atoms with Crippen LogP contribution in [0.4, 0.5) is 0 Å². The fourth-order valence-corrected chi connectivity index (χ4v) is 3.14. The highest BCUT2D eigenvalue weighted by Crippen LogP contribution is 2.09. The Kier molecular flexibility index (Phi) is 5.96. The average Bonchev–Trinajstić information content (AvgIpc) is 2.67. The molecule has 4 heteroatoms. The lowest BCUT2D eigenvalue weighted by atomic mass is 10.1. The summed E-state index contributed by atoms with van der Waals surface area (Å²) in [5, 5.41) is 0. The summed E-state index contributed by atoms with van der Waals surface area (Å²) in [5.41, 5.74) is 1.97. The maximum absolute atomic E-state index is 12.4. The van der Waals surface area contributed by atoms with Crippen LogP contribution in [0, 0.1) is 0 Å². The Morgan fingerprint density at radius 3 is 2.38 bits per heavy atom. The van der Waals surface area contributed by atoms with Gasteiger partial charge in [-0.1, -0.05) is 36.4 Å². The molecule has 1 aliphatic heterocycles. The Bertz CT molecular complexity index is 622. The Morgan fingerprint density at radius 1 is 0.917 bits per heavy atom. The van der Waals surface area contributed by atoms with Crippen LogP contribution in [0.3, 0.4) is 0 Å². The van der Waals surface area contributed by atoms with E-state index in [0.29, 0.717) is 5.69 Å². The molecule has 126 valence electrons. The summed E-state index contributed by atoms with van der Waals surface area (Å²) in [4.78, 5) is 20.9. The largest absolute Gasteiger partial charge is 0.335 e. The summed E-state index contributed by atoms with van der Waals surface area (Å²) in [6.45, 7) is 4.65. The minimum Gasteiger partial charge on any atom is -0.335 e. The summed E-state index contributed by atoms with van der Waals surface area (Å²) in [6.07, 6.45) is 5.26. The molecule has 0 saturated carbocycles. The number of pyridine rings is 1. The zero-order valence-corrected chi connectivity index (χ0v) is 14.1. The number of hydrogen-bond acceptors (Lipinski definition) is 3. The van der Waals surface area contributed by atoms with Crippen LogP contribution in [0.2, 0.25) is 0 Å². The molecule has 1 aliphatic rings. The number of aryl methyl sites for hydroxylation is 1. The topological polar surface area (TPSA) is 36.4 Å². The van der Waals surface area contributed by atoms with Crippen LogP contribution in [-0.4, -0.2) is 53.4 Å². The SMILES string of the molecule is O=C(c1ccccn1)N1CCN(CCCCc2ccccc2)CC1. The highest BCUT2D eigenvalue weighted by Gasteiger charge is 2.22. The number of benzene rings is 1. The van der Waals surface area contributed by atoms with Gasteiger partial charge in [-0.25, -0.2) is 0 Å². The third-order valence-corrected chi connectivity index (χ3v) is 4.58. The number of piperazine rings is 1. The number of rotatable bonds is 6. The first-order valence-corrected chi connectivity index (χ1v) is 8.79. The molecule has 0 bridgehead atoms. The standard InChI is InChI=1S/C20H25N3O/c24-20(19-11-4-6-12-21-19)23-16-14-22(15-17-23)13-7-5-10-18-8-2-1-3-9-18/h1-4,6,8-9,11-12H,5,7,10,13-17H2. The lowest BCUT2D eigenvalue weighted by molar-refractivity contribution is 0.0629. The lowest BCUT2D eigenvalue weighted by Crippen LogP contribution is -2.49. The Balaban J connectivity index is 1.36. The first-order chi connectivity index (χ1) is 11.8. The fraction of sp³-hybridized carbons (Fsp3) is 0.400. The van der Waals surface area contributed by atoms with Gasteiger partial charge < -0.3 is 4.90 Å². The van der Waals surface area contributed by atoms with Gasteiger partial charge in [0.25, 0.3) is 5.91 Å². The quantitative estimate of drug-likeness (QED) is 0.767. The molecule has 2 heterocycles. The van der Waals surface area contributed by atoms with Gasteiger partial charge in [0, 0.05) is 32.4 Å². The van der Waals surface area contributed by atoms with Crippen molar-refractivity contribution in [1.82, 2.24) is 14.8 Å². The molecule has 0 unspecified atom stereocenters. The van der Waals surface area contributed by atoms with Crippen LogP contribution in [0.1, 0.15) is 28.9 Å². The van der Waals surface area contributed by atoms with Gasteiger partial charge in [-0.3, -0.25) is 14.7 Å². The van der Waals surface area contributed by atoms with E-state index < -0.39 is 0 Å². The molecular formula is C20H25N3O. The molecule has 1 saturated heterocycles. The number of amides is 1. The highest BCUT2D eigenvalue weighted by molar-refractivity contribution is 5.92. The van der Waals surface area contributed by atoms with Gasteiger partial charge >= 0.3 is 0 Å². The van der Waals surface area contributed by atoms with Crippen LogP contribution < -0.4 is 0 Å². The van der Waals surface area contributed by atoms with Gasteiger partial charge in [0.1, 0.15) is 5.69 Å². The van der Waals surface area contributed by atoms with Crippen molar-refractivity contribution in [2.24, 2.45) is 0 Å². The second kappa shape index (κ2) is 8.60. The van der Waals surface area contributed by atoms with E-state index in [1.165, 1.54) is 18.4 Å². The molecule has 4 nitrogen and oxygen atoms in total. The van der Waals surface area contributed by atoms with E-state index in [1.807, 2.05) is 17.0 Å². The van der Waals surface area contributed by atoms with Crippen molar-refractivity contribution in [3.63, 3.8) is 0 Å². The van der Waals surface area contributed by atoms with Crippen molar-refractivity contribution >= 4 is 5.91 Å². The van der Waals surface area contributed by atoms with E-state index in [0.717, 1.165) is 39.1 Å². The summed E-state index contributed by atoms with van der Waals surface area (Å²) < 4.78 is 0. The second-order valence-corrected chi connectivity index (χ2v) is 6.29. The number of hydrogen-bond donors (Lipinski definition) is 0. The van der Waals surface area contributed by atoms with Gasteiger partial charge in [-0.2, -0.15) is 0 Å². The molecule has 24 heavy (non-hydrogen) atoms. The Labute approximate surface area is 144 Å². The predicted octanol–water partition coefficient (Wildman–Crippen LogP) is 2.86. The van der Waals surface area contributed by atoms with Crippen LogP contribution in [0.5, 0.6) is 0 Å². The highest BCUT2D eigenvalue weighted by atomic mass is 16.2. The summed E-state index contributed by atoms with van der Waals surface area (Å²) in [7, 11) is 0. The smallest absolute Gasteiger partial charge is 0.272 e. The molecule has 0 N–H and O–H groups in total. The van der Waals surface area contributed by atoms with E-state index in [1.54, 1.807) is 12.3 Å². The number of unbranched alkanes of at least 4 members (excludes halogenated alkanes) is 1. The Morgan fingerprint density at radius 2 is 1.67 bits per heavy atom.